The molecule has 1 aromatic heterocycles. The van der Waals surface area contributed by atoms with E-state index in [1.165, 1.54) is 0 Å². The number of hydrogen-bond donors (Lipinski definition) is 2. The Balaban J connectivity index is 0.00000480. The normalized spacial score (nSPS) is 13.8. The highest BCUT2D eigenvalue weighted by Gasteiger charge is 2.24. The molecular formula is C35H41ClN4O6. The number of fused-ring (bicyclic) bond motifs is 1. The molecule has 0 saturated carbocycles. The second kappa shape index (κ2) is 16.9. The van der Waals surface area contributed by atoms with Crippen LogP contribution < -0.4 is 16.6 Å². The zero-order valence-corrected chi connectivity index (χ0v) is 26.6. The lowest BCUT2D eigenvalue weighted by atomic mass is 10.00. The maximum absolute atomic E-state index is 13.4. The minimum absolute atomic E-state index is 0. The van der Waals surface area contributed by atoms with Gasteiger partial charge in [-0.05, 0) is 55.5 Å². The second-order valence-corrected chi connectivity index (χ2v) is 11.4. The van der Waals surface area contributed by atoms with E-state index in [4.69, 9.17) is 9.84 Å². The molecule has 1 saturated heterocycles. The van der Waals surface area contributed by atoms with Gasteiger partial charge in [-0.15, -0.1) is 12.4 Å². The van der Waals surface area contributed by atoms with Crippen molar-refractivity contribution in [3.8, 4) is 0 Å². The summed E-state index contributed by atoms with van der Waals surface area (Å²) in [5.41, 5.74) is 1.96. The quantitative estimate of drug-likeness (QED) is 0.196. The molecule has 0 bridgehead atoms. The molecule has 4 aromatic rings. The molecule has 1 aliphatic rings. The third kappa shape index (κ3) is 8.93. The van der Waals surface area contributed by atoms with E-state index in [0.717, 1.165) is 61.0 Å². The number of carboxylic acids is 1. The lowest BCUT2D eigenvalue weighted by Crippen LogP contribution is -2.41. The number of carboxylic acid groups (broad SMARTS) is 1. The molecule has 11 heteroatoms. The van der Waals surface area contributed by atoms with E-state index in [0.29, 0.717) is 17.4 Å². The number of aliphatic carboxylic acids is 1. The molecule has 0 unspecified atom stereocenters. The van der Waals surface area contributed by atoms with Crippen LogP contribution in [0.15, 0.2) is 94.5 Å². The van der Waals surface area contributed by atoms with Gasteiger partial charge in [0, 0.05) is 32.6 Å². The fourth-order valence-corrected chi connectivity index (χ4v) is 5.93. The predicted octanol–water partition coefficient (Wildman–Crippen LogP) is 4.23. The third-order valence-electron chi connectivity index (χ3n) is 8.31. The number of amides is 1. The Morgan fingerprint density at radius 2 is 1.39 bits per heavy atom. The van der Waals surface area contributed by atoms with Crippen molar-refractivity contribution >= 4 is 35.2 Å². The number of benzene rings is 3. The summed E-state index contributed by atoms with van der Waals surface area (Å²) < 4.78 is 9.37. The number of unbranched alkanes of at least 4 members (excludes halogenated alkanes) is 1. The van der Waals surface area contributed by atoms with Crippen LogP contribution >= 0.6 is 12.4 Å². The molecule has 5 rings (SSSR count). The van der Waals surface area contributed by atoms with Crippen LogP contribution in [-0.2, 0) is 27.4 Å². The van der Waals surface area contributed by atoms with Crippen molar-refractivity contribution in [1.82, 2.24) is 19.4 Å². The van der Waals surface area contributed by atoms with Crippen LogP contribution in [0, 0.1) is 0 Å². The summed E-state index contributed by atoms with van der Waals surface area (Å²) in [4.78, 5) is 51.7. The molecule has 0 aliphatic carbocycles. The zero-order valence-electron chi connectivity index (χ0n) is 25.8. The molecule has 1 amide bonds. The summed E-state index contributed by atoms with van der Waals surface area (Å²) in [7, 11) is 0. The number of ether oxygens (including phenoxy) is 1. The van der Waals surface area contributed by atoms with Crippen LogP contribution in [0.3, 0.4) is 0 Å². The summed E-state index contributed by atoms with van der Waals surface area (Å²) in [6, 6.07) is 27.7. The van der Waals surface area contributed by atoms with E-state index in [1.54, 1.807) is 28.8 Å². The van der Waals surface area contributed by atoms with Crippen molar-refractivity contribution in [3.63, 3.8) is 0 Å². The van der Waals surface area contributed by atoms with Crippen molar-refractivity contribution < 1.29 is 19.4 Å². The molecule has 244 valence electrons. The highest BCUT2D eigenvalue weighted by Crippen LogP contribution is 2.30. The van der Waals surface area contributed by atoms with Crippen LogP contribution in [0.2, 0.25) is 0 Å². The molecule has 2 heterocycles. The highest BCUT2D eigenvalue weighted by molar-refractivity contribution is 5.85. The number of hydrogen-bond acceptors (Lipinski definition) is 6. The molecule has 1 fully saturated rings. The van der Waals surface area contributed by atoms with Gasteiger partial charge in [-0.1, -0.05) is 72.8 Å². The molecule has 3 aromatic carbocycles. The van der Waals surface area contributed by atoms with Crippen molar-refractivity contribution in [2.24, 2.45) is 0 Å². The Hall–Kier alpha value is -4.25. The van der Waals surface area contributed by atoms with Gasteiger partial charge >= 0.3 is 11.7 Å². The molecular weight excluding hydrogens is 608 g/mol. The molecule has 1 aliphatic heterocycles. The van der Waals surface area contributed by atoms with Gasteiger partial charge in [0.05, 0.1) is 17.0 Å². The first-order valence-corrected chi connectivity index (χ1v) is 15.6. The van der Waals surface area contributed by atoms with Gasteiger partial charge in [-0.2, -0.15) is 0 Å². The Bertz CT molecular complexity index is 1660. The first kappa shape index (κ1) is 34.6. The fraction of sp³-hybridized carbons (Fsp3) is 0.371. The Morgan fingerprint density at radius 1 is 0.804 bits per heavy atom. The number of likely N-dealkylation sites (tertiary alicyclic amines) is 1. The minimum atomic E-state index is -1.16. The van der Waals surface area contributed by atoms with E-state index in [-0.39, 0.29) is 37.6 Å². The van der Waals surface area contributed by atoms with E-state index < -0.39 is 29.7 Å². The standard InChI is InChI=1S/C35H40N4O6.ClH/c40-31(36-25-32(41)42)19-24-39-34(43)29-15-7-8-16-30(29)38(35(39)44)21-10-9-20-37-22-17-28(18-23-37)45-33(26-11-3-1-4-12-26)27-13-5-2-6-14-27;/h1-8,11-16,28,33H,9-10,17-25H2,(H,36,40)(H,41,42);1H. The van der Waals surface area contributed by atoms with Crippen LogP contribution in [-0.4, -0.2) is 63.3 Å². The lowest BCUT2D eigenvalue weighted by molar-refractivity contribution is -0.138. The Kier molecular flexibility index (Phi) is 12.7. The van der Waals surface area contributed by atoms with Crippen LogP contribution in [0.25, 0.3) is 10.9 Å². The van der Waals surface area contributed by atoms with Gasteiger partial charge in [0.1, 0.15) is 12.6 Å². The number of carbonyl (C=O) groups is 2. The SMILES string of the molecule is Cl.O=C(O)CNC(=O)CCn1c(=O)c2ccccc2n(CCCCN2CCC(OC(c3ccccc3)c3ccccc3)CC2)c1=O. The number of aromatic nitrogens is 2. The number of piperidine rings is 1. The van der Waals surface area contributed by atoms with E-state index in [2.05, 4.69) is 34.5 Å². The average molecular weight is 649 g/mol. The number of nitrogens with one attached hydrogen (secondary N) is 1. The van der Waals surface area contributed by atoms with E-state index >= 15 is 0 Å². The molecule has 0 atom stereocenters. The highest BCUT2D eigenvalue weighted by atomic mass is 35.5. The molecule has 0 spiro atoms. The Morgan fingerprint density at radius 3 is 2.02 bits per heavy atom. The summed E-state index contributed by atoms with van der Waals surface area (Å²) in [5, 5.41) is 11.4. The van der Waals surface area contributed by atoms with Crippen LogP contribution in [0.4, 0.5) is 0 Å². The fourth-order valence-electron chi connectivity index (χ4n) is 5.93. The Labute approximate surface area is 274 Å². The van der Waals surface area contributed by atoms with Gasteiger partial charge in [0.2, 0.25) is 5.91 Å². The molecule has 0 radical (unpaired) electrons. The van der Waals surface area contributed by atoms with Crippen molar-refractivity contribution in [2.75, 3.05) is 26.2 Å². The lowest BCUT2D eigenvalue weighted by Gasteiger charge is -2.34. The number of carbonyl (C=O) groups excluding carboxylic acids is 1. The molecule has 2 N–H and O–H groups in total. The minimum Gasteiger partial charge on any atom is -0.480 e. The smallest absolute Gasteiger partial charge is 0.331 e. The third-order valence-corrected chi connectivity index (χ3v) is 8.31. The van der Waals surface area contributed by atoms with E-state index in [1.807, 2.05) is 36.4 Å². The summed E-state index contributed by atoms with van der Waals surface area (Å²) in [5.74, 6) is -1.70. The molecule has 10 nitrogen and oxygen atoms in total. The zero-order chi connectivity index (χ0) is 31.6. The molecule has 46 heavy (non-hydrogen) atoms. The number of nitrogens with zero attached hydrogens (tertiary/aromatic N) is 3. The van der Waals surface area contributed by atoms with Gasteiger partial charge in [-0.25, -0.2) is 4.79 Å². The van der Waals surface area contributed by atoms with E-state index in [9.17, 15) is 19.2 Å². The summed E-state index contributed by atoms with van der Waals surface area (Å²) in [6.45, 7) is 2.60. The largest absolute Gasteiger partial charge is 0.480 e. The van der Waals surface area contributed by atoms with Crippen molar-refractivity contribution in [3.05, 3.63) is 117 Å². The first-order chi connectivity index (χ1) is 21.9. The number of halogens is 1. The van der Waals surface area contributed by atoms with Crippen LogP contribution in [0.1, 0.15) is 49.3 Å². The maximum atomic E-state index is 13.4. The predicted molar refractivity (Wildman–Crippen MR) is 179 cm³/mol. The summed E-state index contributed by atoms with van der Waals surface area (Å²) >= 11 is 0. The maximum Gasteiger partial charge on any atom is 0.331 e. The van der Waals surface area contributed by atoms with Gasteiger partial charge in [-0.3, -0.25) is 23.5 Å². The van der Waals surface area contributed by atoms with Crippen molar-refractivity contribution in [1.29, 1.82) is 0 Å². The first-order valence-electron chi connectivity index (χ1n) is 15.6. The second-order valence-electron chi connectivity index (χ2n) is 11.4. The van der Waals surface area contributed by atoms with Gasteiger partial charge in [0.15, 0.2) is 0 Å². The monoisotopic (exact) mass is 648 g/mol. The number of para-hydroxylation sites is 1. The topological polar surface area (TPSA) is 123 Å². The number of aryl methyl sites for hydroxylation is 1. The van der Waals surface area contributed by atoms with Crippen LogP contribution in [0.5, 0.6) is 0 Å². The summed E-state index contributed by atoms with van der Waals surface area (Å²) in [6.07, 6.45) is 3.44. The van der Waals surface area contributed by atoms with Gasteiger partial charge < -0.3 is 20.1 Å². The number of rotatable bonds is 14. The van der Waals surface area contributed by atoms with Gasteiger partial charge in [0.25, 0.3) is 5.56 Å². The average Bonchev–Trinajstić information content (AvgIpc) is 3.07. The van der Waals surface area contributed by atoms with Crippen molar-refractivity contribution in [2.45, 2.75) is 57.4 Å².